The Morgan fingerprint density at radius 1 is 1.63 bits per heavy atom. The minimum absolute atomic E-state index is 0.151. The van der Waals surface area contributed by atoms with Crippen LogP contribution in [0.25, 0.3) is 0 Å². The molecule has 0 aliphatic rings. The van der Waals surface area contributed by atoms with Crippen LogP contribution in [0.3, 0.4) is 0 Å². The quantitative estimate of drug-likeness (QED) is 0.613. The molecular formula is C11H14FN3O3S. The molecule has 3 N–H and O–H groups in total. The van der Waals surface area contributed by atoms with E-state index in [1.54, 1.807) is 11.8 Å². The molecule has 19 heavy (non-hydrogen) atoms. The van der Waals surface area contributed by atoms with Crippen LogP contribution in [0, 0.1) is 15.9 Å². The van der Waals surface area contributed by atoms with Gasteiger partial charge in [0, 0.05) is 11.8 Å². The molecule has 0 unspecified atom stereocenters. The number of carbonyl (C=O) groups excluding carboxylic acids is 1. The highest BCUT2D eigenvalue weighted by molar-refractivity contribution is 7.98. The van der Waals surface area contributed by atoms with Gasteiger partial charge in [0.25, 0.3) is 0 Å². The minimum Gasteiger partial charge on any atom is -0.324 e. The first kappa shape index (κ1) is 15.4. The fourth-order valence-electron chi connectivity index (χ4n) is 1.34. The van der Waals surface area contributed by atoms with Gasteiger partial charge in [0.15, 0.2) is 0 Å². The second-order valence-electron chi connectivity index (χ2n) is 3.80. The summed E-state index contributed by atoms with van der Waals surface area (Å²) in [5.41, 5.74) is 5.11. The van der Waals surface area contributed by atoms with Crippen molar-refractivity contribution in [3.8, 4) is 0 Å². The largest absolute Gasteiger partial charge is 0.324 e. The van der Waals surface area contributed by atoms with Gasteiger partial charge in [-0.15, -0.1) is 0 Å². The number of anilines is 1. The van der Waals surface area contributed by atoms with E-state index in [-0.39, 0.29) is 5.69 Å². The van der Waals surface area contributed by atoms with Crippen molar-refractivity contribution in [3.63, 3.8) is 0 Å². The SMILES string of the molecule is CSCC[C@H](N)C(=O)Nc1ccc(F)c([N+](=O)[O-])c1. The molecule has 8 heteroatoms. The van der Waals surface area contributed by atoms with E-state index >= 15 is 0 Å². The summed E-state index contributed by atoms with van der Waals surface area (Å²) in [6, 6.07) is 2.45. The zero-order valence-electron chi connectivity index (χ0n) is 10.3. The topological polar surface area (TPSA) is 98.3 Å². The monoisotopic (exact) mass is 287 g/mol. The van der Waals surface area contributed by atoms with E-state index in [4.69, 9.17) is 5.73 Å². The van der Waals surface area contributed by atoms with Gasteiger partial charge in [-0.1, -0.05) is 0 Å². The van der Waals surface area contributed by atoms with E-state index in [2.05, 4.69) is 5.32 Å². The lowest BCUT2D eigenvalue weighted by Crippen LogP contribution is -2.36. The maximum absolute atomic E-state index is 13.1. The van der Waals surface area contributed by atoms with Crippen LogP contribution in [0.1, 0.15) is 6.42 Å². The van der Waals surface area contributed by atoms with E-state index in [0.717, 1.165) is 17.9 Å². The molecule has 0 bridgehead atoms. The van der Waals surface area contributed by atoms with E-state index < -0.39 is 28.4 Å². The van der Waals surface area contributed by atoms with E-state index in [0.29, 0.717) is 6.42 Å². The summed E-state index contributed by atoms with van der Waals surface area (Å²) in [5, 5.41) is 13.0. The second-order valence-corrected chi connectivity index (χ2v) is 4.79. The van der Waals surface area contributed by atoms with Crippen LogP contribution in [0.5, 0.6) is 0 Å². The molecule has 1 rings (SSSR count). The number of rotatable bonds is 6. The summed E-state index contributed by atoms with van der Waals surface area (Å²) in [6.45, 7) is 0. The highest BCUT2D eigenvalue weighted by atomic mass is 32.2. The molecule has 0 radical (unpaired) electrons. The van der Waals surface area contributed by atoms with Gasteiger partial charge in [-0.05, 0) is 30.6 Å². The molecule has 1 aromatic carbocycles. The fraction of sp³-hybridized carbons (Fsp3) is 0.364. The fourth-order valence-corrected chi connectivity index (χ4v) is 1.83. The predicted octanol–water partition coefficient (Wildman–Crippen LogP) is 1.75. The van der Waals surface area contributed by atoms with Crippen molar-refractivity contribution < 1.29 is 14.1 Å². The van der Waals surface area contributed by atoms with Gasteiger partial charge in [0.05, 0.1) is 11.0 Å². The molecule has 1 amide bonds. The van der Waals surface area contributed by atoms with Crippen LogP contribution in [0.4, 0.5) is 15.8 Å². The first-order chi connectivity index (χ1) is 8.95. The Kier molecular flexibility index (Phi) is 5.71. The Bertz CT molecular complexity index is 484. The Morgan fingerprint density at radius 3 is 2.89 bits per heavy atom. The number of nitrogens with zero attached hydrogens (tertiary/aromatic N) is 1. The lowest BCUT2D eigenvalue weighted by atomic mass is 10.2. The number of halogens is 1. The number of amides is 1. The molecule has 0 aliphatic carbocycles. The summed E-state index contributed by atoms with van der Waals surface area (Å²) in [7, 11) is 0. The minimum atomic E-state index is -0.949. The third-order valence-corrected chi connectivity index (χ3v) is 3.02. The Morgan fingerprint density at radius 2 is 2.32 bits per heavy atom. The van der Waals surface area contributed by atoms with Crippen LogP contribution >= 0.6 is 11.8 Å². The highest BCUT2D eigenvalue weighted by Gasteiger charge is 2.17. The van der Waals surface area contributed by atoms with Crippen molar-refractivity contribution >= 4 is 29.0 Å². The van der Waals surface area contributed by atoms with E-state index in [1.807, 2.05) is 6.26 Å². The van der Waals surface area contributed by atoms with Gasteiger partial charge >= 0.3 is 5.69 Å². The van der Waals surface area contributed by atoms with Gasteiger partial charge in [0.2, 0.25) is 11.7 Å². The Balaban J connectivity index is 2.74. The number of thioether (sulfide) groups is 1. The molecule has 0 heterocycles. The summed E-state index contributed by atoms with van der Waals surface area (Å²) in [6.07, 6.45) is 2.39. The van der Waals surface area contributed by atoms with Gasteiger partial charge in [0.1, 0.15) is 0 Å². The molecule has 6 nitrogen and oxygen atoms in total. The molecule has 0 saturated carbocycles. The molecule has 0 aromatic heterocycles. The second kappa shape index (κ2) is 7.05. The standard InChI is InChI=1S/C11H14FN3O3S/c1-19-5-4-9(13)11(16)14-7-2-3-8(12)10(6-7)15(17)18/h2-3,6,9H,4-5,13H2,1H3,(H,14,16)/t9-/m0/s1. The molecule has 0 fully saturated rings. The number of benzene rings is 1. The number of nitro benzene ring substituents is 1. The molecular weight excluding hydrogens is 273 g/mol. The maximum atomic E-state index is 13.1. The van der Waals surface area contributed by atoms with Crippen molar-refractivity contribution in [2.75, 3.05) is 17.3 Å². The van der Waals surface area contributed by atoms with Crippen LogP contribution in [0.2, 0.25) is 0 Å². The number of hydrogen-bond acceptors (Lipinski definition) is 5. The smallest absolute Gasteiger partial charge is 0.306 e. The van der Waals surface area contributed by atoms with Gasteiger partial charge in [-0.3, -0.25) is 14.9 Å². The zero-order chi connectivity index (χ0) is 14.4. The Hall–Kier alpha value is -1.67. The Labute approximate surface area is 113 Å². The van der Waals surface area contributed by atoms with E-state index in [9.17, 15) is 19.3 Å². The number of carbonyl (C=O) groups is 1. The van der Waals surface area contributed by atoms with Crippen molar-refractivity contribution in [1.29, 1.82) is 0 Å². The normalized spacial score (nSPS) is 11.9. The van der Waals surface area contributed by atoms with Gasteiger partial charge in [-0.2, -0.15) is 16.2 Å². The number of nitro groups is 1. The van der Waals surface area contributed by atoms with Crippen LogP contribution in [-0.4, -0.2) is 28.9 Å². The van der Waals surface area contributed by atoms with Crippen LogP contribution in [0.15, 0.2) is 18.2 Å². The lowest BCUT2D eigenvalue weighted by molar-refractivity contribution is -0.387. The maximum Gasteiger partial charge on any atom is 0.306 e. The summed E-state index contributed by atoms with van der Waals surface area (Å²) in [4.78, 5) is 21.4. The highest BCUT2D eigenvalue weighted by Crippen LogP contribution is 2.21. The van der Waals surface area contributed by atoms with Gasteiger partial charge in [-0.25, -0.2) is 0 Å². The molecule has 104 valence electrons. The molecule has 0 aliphatic heterocycles. The average molecular weight is 287 g/mol. The van der Waals surface area contributed by atoms with Gasteiger partial charge < -0.3 is 11.1 Å². The molecule has 1 atom stereocenters. The van der Waals surface area contributed by atoms with Crippen molar-refractivity contribution in [2.24, 2.45) is 5.73 Å². The third kappa shape index (κ3) is 4.49. The summed E-state index contributed by atoms with van der Waals surface area (Å²) in [5.74, 6) is -0.664. The predicted molar refractivity (Wildman–Crippen MR) is 72.7 cm³/mol. The number of nitrogens with one attached hydrogen (secondary N) is 1. The van der Waals surface area contributed by atoms with Crippen molar-refractivity contribution in [3.05, 3.63) is 34.1 Å². The molecule has 0 spiro atoms. The average Bonchev–Trinajstić information content (AvgIpc) is 2.37. The van der Waals surface area contributed by atoms with Crippen molar-refractivity contribution in [1.82, 2.24) is 0 Å². The first-order valence-corrected chi connectivity index (χ1v) is 6.84. The van der Waals surface area contributed by atoms with Crippen LogP contribution in [-0.2, 0) is 4.79 Å². The molecule has 1 aromatic rings. The number of nitrogens with two attached hydrogens (primary N) is 1. The third-order valence-electron chi connectivity index (χ3n) is 2.38. The molecule has 0 saturated heterocycles. The lowest BCUT2D eigenvalue weighted by Gasteiger charge is -2.11. The summed E-state index contributed by atoms with van der Waals surface area (Å²) < 4.78 is 13.1. The van der Waals surface area contributed by atoms with E-state index in [1.165, 1.54) is 6.07 Å². The zero-order valence-corrected chi connectivity index (χ0v) is 11.1. The first-order valence-electron chi connectivity index (χ1n) is 5.45. The van der Waals surface area contributed by atoms with Crippen LogP contribution < -0.4 is 11.1 Å². The number of hydrogen-bond donors (Lipinski definition) is 2. The summed E-state index contributed by atoms with van der Waals surface area (Å²) >= 11 is 1.56. The van der Waals surface area contributed by atoms with Crippen molar-refractivity contribution in [2.45, 2.75) is 12.5 Å².